The summed E-state index contributed by atoms with van der Waals surface area (Å²) in [6, 6.07) is 4.37. The molecule has 5 nitrogen and oxygen atoms in total. The SMILES string of the molecule is CCOC(=O)C1CNCCN1C(=O)c1ccc(Cl)c(Br)c1. The molecule has 1 atom stereocenters. The topological polar surface area (TPSA) is 58.6 Å². The van der Waals surface area contributed by atoms with Crippen molar-refractivity contribution in [2.45, 2.75) is 13.0 Å². The van der Waals surface area contributed by atoms with Crippen molar-refractivity contribution < 1.29 is 14.3 Å². The number of benzene rings is 1. The number of hydrogen-bond acceptors (Lipinski definition) is 4. The third-order valence-electron chi connectivity index (χ3n) is 3.23. The number of ether oxygens (including phenoxy) is 1. The zero-order chi connectivity index (χ0) is 15.4. The molecule has 1 aromatic carbocycles. The van der Waals surface area contributed by atoms with Crippen LogP contribution in [0.2, 0.25) is 5.02 Å². The second kappa shape index (κ2) is 7.24. The second-order valence-electron chi connectivity index (χ2n) is 4.60. The lowest BCUT2D eigenvalue weighted by molar-refractivity contribution is -0.149. The number of rotatable bonds is 3. The normalized spacial score (nSPS) is 18.4. The number of hydrogen-bond donors (Lipinski definition) is 1. The molecule has 1 aliphatic heterocycles. The highest BCUT2D eigenvalue weighted by molar-refractivity contribution is 9.10. The molecule has 1 heterocycles. The van der Waals surface area contributed by atoms with Gasteiger partial charge >= 0.3 is 5.97 Å². The number of esters is 1. The van der Waals surface area contributed by atoms with Gasteiger partial charge in [-0.3, -0.25) is 4.79 Å². The van der Waals surface area contributed by atoms with Crippen LogP contribution in [0.1, 0.15) is 17.3 Å². The molecule has 0 saturated carbocycles. The highest BCUT2D eigenvalue weighted by Crippen LogP contribution is 2.24. The maximum atomic E-state index is 12.6. The van der Waals surface area contributed by atoms with E-state index in [1.165, 1.54) is 0 Å². The Bertz CT molecular complexity index is 553. The third-order valence-corrected chi connectivity index (χ3v) is 4.44. The van der Waals surface area contributed by atoms with Crippen LogP contribution in [0.4, 0.5) is 0 Å². The van der Waals surface area contributed by atoms with E-state index in [-0.39, 0.29) is 11.9 Å². The molecule has 0 aliphatic carbocycles. The maximum absolute atomic E-state index is 12.6. The first-order valence-corrected chi connectivity index (χ1v) is 7.85. The highest BCUT2D eigenvalue weighted by Gasteiger charge is 2.33. The largest absolute Gasteiger partial charge is 0.464 e. The molecule has 2 rings (SSSR count). The summed E-state index contributed by atoms with van der Waals surface area (Å²) in [5.74, 6) is -0.585. The van der Waals surface area contributed by atoms with E-state index in [0.29, 0.717) is 41.3 Å². The lowest BCUT2D eigenvalue weighted by atomic mass is 10.1. The van der Waals surface area contributed by atoms with Crippen LogP contribution in [0.15, 0.2) is 22.7 Å². The lowest BCUT2D eigenvalue weighted by Gasteiger charge is -2.34. The first kappa shape index (κ1) is 16.3. The van der Waals surface area contributed by atoms with E-state index >= 15 is 0 Å². The molecule has 1 aliphatic rings. The Morgan fingerprint density at radius 1 is 1.52 bits per heavy atom. The molecule has 1 amide bonds. The van der Waals surface area contributed by atoms with Crippen LogP contribution in [-0.4, -0.2) is 49.1 Å². The van der Waals surface area contributed by atoms with Crippen LogP contribution in [0.5, 0.6) is 0 Å². The summed E-state index contributed by atoms with van der Waals surface area (Å²) in [4.78, 5) is 26.1. The van der Waals surface area contributed by atoms with Crippen LogP contribution in [0.3, 0.4) is 0 Å². The number of halogens is 2. The van der Waals surface area contributed by atoms with E-state index in [4.69, 9.17) is 16.3 Å². The van der Waals surface area contributed by atoms with Crippen LogP contribution in [-0.2, 0) is 9.53 Å². The predicted molar refractivity (Wildman–Crippen MR) is 83.5 cm³/mol. The van der Waals surface area contributed by atoms with Crippen molar-refractivity contribution in [3.63, 3.8) is 0 Å². The Labute approximate surface area is 136 Å². The van der Waals surface area contributed by atoms with Gasteiger partial charge in [-0.1, -0.05) is 11.6 Å². The molecule has 1 fully saturated rings. The smallest absolute Gasteiger partial charge is 0.330 e. The Balaban J connectivity index is 2.21. The fraction of sp³-hybridized carbons (Fsp3) is 0.429. The summed E-state index contributed by atoms with van der Waals surface area (Å²) in [5.41, 5.74) is 0.488. The fourth-order valence-corrected chi connectivity index (χ4v) is 2.69. The summed E-state index contributed by atoms with van der Waals surface area (Å²) >= 11 is 9.24. The average Bonchev–Trinajstić information content (AvgIpc) is 2.49. The van der Waals surface area contributed by atoms with E-state index in [9.17, 15) is 9.59 Å². The van der Waals surface area contributed by atoms with Gasteiger partial charge in [-0.05, 0) is 41.1 Å². The molecule has 0 spiro atoms. The van der Waals surface area contributed by atoms with E-state index in [0.717, 1.165) is 0 Å². The minimum absolute atomic E-state index is 0.202. The fourth-order valence-electron chi connectivity index (χ4n) is 2.19. The van der Waals surface area contributed by atoms with Crippen molar-refractivity contribution >= 4 is 39.4 Å². The summed E-state index contributed by atoms with van der Waals surface area (Å²) in [7, 11) is 0. The van der Waals surface area contributed by atoms with Crippen molar-refractivity contribution in [3.05, 3.63) is 33.3 Å². The molecule has 0 aromatic heterocycles. The highest BCUT2D eigenvalue weighted by atomic mass is 79.9. The molecular formula is C14H16BrClN2O3. The maximum Gasteiger partial charge on any atom is 0.330 e. The van der Waals surface area contributed by atoms with Crippen molar-refractivity contribution in [1.29, 1.82) is 0 Å². The average molecular weight is 376 g/mol. The number of nitrogens with zero attached hydrogens (tertiary/aromatic N) is 1. The van der Waals surface area contributed by atoms with Gasteiger partial charge in [0.05, 0.1) is 11.6 Å². The molecule has 1 saturated heterocycles. The standard InChI is InChI=1S/C14H16BrClN2O3/c1-2-21-14(20)12-8-17-5-6-18(12)13(19)9-3-4-11(16)10(15)7-9/h3-4,7,12,17H,2,5-6,8H2,1H3. The summed E-state index contributed by atoms with van der Waals surface area (Å²) in [5, 5.41) is 3.64. The first-order valence-electron chi connectivity index (χ1n) is 6.68. The number of amides is 1. The molecule has 1 aromatic rings. The number of piperazine rings is 1. The predicted octanol–water partition coefficient (Wildman–Crippen LogP) is 2.08. The zero-order valence-electron chi connectivity index (χ0n) is 11.6. The van der Waals surface area contributed by atoms with Crippen molar-refractivity contribution in [2.24, 2.45) is 0 Å². The van der Waals surface area contributed by atoms with E-state index in [1.54, 1.807) is 30.0 Å². The minimum atomic E-state index is -0.597. The number of nitrogens with one attached hydrogen (secondary N) is 1. The second-order valence-corrected chi connectivity index (χ2v) is 5.86. The summed E-state index contributed by atoms with van der Waals surface area (Å²) in [6.07, 6.45) is 0. The molecule has 1 N–H and O–H groups in total. The van der Waals surface area contributed by atoms with Crippen LogP contribution in [0.25, 0.3) is 0 Å². The van der Waals surface area contributed by atoms with Gasteiger partial charge in [-0.25, -0.2) is 4.79 Å². The van der Waals surface area contributed by atoms with Crippen molar-refractivity contribution in [3.8, 4) is 0 Å². The van der Waals surface area contributed by atoms with Gasteiger partial charge < -0.3 is 15.0 Å². The summed E-state index contributed by atoms with van der Waals surface area (Å²) in [6.45, 7) is 3.55. The molecule has 7 heteroatoms. The van der Waals surface area contributed by atoms with Gasteiger partial charge in [-0.2, -0.15) is 0 Å². The Morgan fingerprint density at radius 3 is 2.95 bits per heavy atom. The number of carbonyl (C=O) groups is 2. The van der Waals surface area contributed by atoms with Crippen molar-refractivity contribution in [2.75, 3.05) is 26.2 Å². The van der Waals surface area contributed by atoms with E-state index in [1.807, 2.05) is 0 Å². The van der Waals surface area contributed by atoms with Crippen LogP contribution >= 0.6 is 27.5 Å². The van der Waals surface area contributed by atoms with Gasteiger partial charge in [0.1, 0.15) is 6.04 Å². The molecule has 0 radical (unpaired) electrons. The van der Waals surface area contributed by atoms with Gasteiger partial charge in [0.25, 0.3) is 5.91 Å². The van der Waals surface area contributed by atoms with Crippen LogP contribution in [0, 0.1) is 0 Å². The molecular weight excluding hydrogens is 360 g/mol. The van der Waals surface area contributed by atoms with Crippen LogP contribution < -0.4 is 5.32 Å². The Kier molecular flexibility index (Phi) is 5.61. The number of carbonyl (C=O) groups excluding carboxylic acids is 2. The van der Waals surface area contributed by atoms with E-state index < -0.39 is 6.04 Å². The Hall–Kier alpha value is -1.11. The van der Waals surface area contributed by atoms with Gasteiger partial charge in [0.2, 0.25) is 0 Å². The van der Waals surface area contributed by atoms with Gasteiger partial charge in [-0.15, -0.1) is 0 Å². The molecule has 114 valence electrons. The van der Waals surface area contributed by atoms with Crippen molar-refractivity contribution in [1.82, 2.24) is 10.2 Å². The lowest BCUT2D eigenvalue weighted by Crippen LogP contribution is -2.57. The van der Waals surface area contributed by atoms with Gasteiger partial charge in [0, 0.05) is 29.7 Å². The third kappa shape index (κ3) is 3.75. The molecule has 1 unspecified atom stereocenters. The van der Waals surface area contributed by atoms with Gasteiger partial charge in [0.15, 0.2) is 0 Å². The Morgan fingerprint density at radius 2 is 2.29 bits per heavy atom. The molecule has 0 bridgehead atoms. The molecule has 21 heavy (non-hydrogen) atoms. The monoisotopic (exact) mass is 374 g/mol. The van der Waals surface area contributed by atoms with E-state index in [2.05, 4.69) is 21.2 Å². The quantitative estimate of drug-likeness (QED) is 0.822. The zero-order valence-corrected chi connectivity index (χ0v) is 13.9. The summed E-state index contributed by atoms with van der Waals surface area (Å²) < 4.78 is 5.69. The first-order chi connectivity index (χ1) is 10.0. The minimum Gasteiger partial charge on any atom is -0.464 e.